The van der Waals surface area contributed by atoms with Crippen molar-refractivity contribution in [2.45, 2.75) is 44.3 Å². The van der Waals surface area contributed by atoms with Crippen LogP contribution in [0.4, 0.5) is 0 Å². The smallest absolute Gasteiger partial charge is 0.147 e. The zero-order valence-corrected chi connectivity index (χ0v) is 16.0. The normalized spacial score (nSPS) is 20.9. The van der Waals surface area contributed by atoms with Gasteiger partial charge >= 0.3 is 0 Å². The molecule has 28 heavy (non-hydrogen) atoms. The van der Waals surface area contributed by atoms with E-state index in [1.54, 1.807) is 6.33 Å². The van der Waals surface area contributed by atoms with Crippen LogP contribution >= 0.6 is 0 Å². The van der Waals surface area contributed by atoms with Gasteiger partial charge in [0.1, 0.15) is 11.6 Å². The van der Waals surface area contributed by atoms with Crippen LogP contribution in [0.25, 0.3) is 0 Å². The van der Waals surface area contributed by atoms with Crippen LogP contribution in [0.2, 0.25) is 0 Å². The number of imidazole rings is 1. The summed E-state index contributed by atoms with van der Waals surface area (Å²) in [4.78, 5) is 9.95. The first-order valence-corrected chi connectivity index (χ1v) is 10.1. The minimum atomic E-state index is 0.306. The van der Waals surface area contributed by atoms with Crippen LogP contribution < -0.4 is 0 Å². The molecule has 2 aromatic heterocycles. The molecule has 1 aromatic carbocycles. The second kappa shape index (κ2) is 7.85. The number of hydrogen-bond acceptors (Lipinski definition) is 5. The first-order chi connectivity index (χ1) is 13.9. The van der Waals surface area contributed by atoms with Gasteiger partial charge in [0.15, 0.2) is 0 Å². The van der Waals surface area contributed by atoms with Gasteiger partial charge in [-0.2, -0.15) is 0 Å². The lowest BCUT2D eigenvalue weighted by Crippen LogP contribution is -2.39. The lowest BCUT2D eigenvalue weighted by molar-refractivity contribution is 0.0810. The highest BCUT2D eigenvalue weighted by Crippen LogP contribution is 2.32. The highest BCUT2D eigenvalue weighted by molar-refractivity contribution is 5.16. The van der Waals surface area contributed by atoms with E-state index in [4.69, 9.17) is 4.74 Å². The van der Waals surface area contributed by atoms with Gasteiger partial charge in [0.25, 0.3) is 0 Å². The molecule has 1 N–H and O–H groups in total. The van der Waals surface area contributed by atoms with Gasteiger partial charge in [0.2, 0.25) is 0 Å². The highest BCUT2D eigenvalue weighted by atomic mass is 16.5. The summed E-state index contributed by atoms with van der Waals surface area (Å²) in [6.45, 7) is 4.38. The van der Waals surface area contributed by atoms with Crippen LogP contribution in [0, 0.1) is 0 Å². The summed E-state index contributed by atoms with van der Waals surface area (Å²) in [5.41, 5.74) is 2.49. The van der Waals surface area contributed by atoms with Gasteiger partial charge < -0.3 is 14.3 Å². The van der Waals surface area contributed by atoms with Crippen molar-refractivity contribution >= 4 is 0 Å². The third-order valence-corrected chi connectivity index (χ3v) is 5.84. The Morgan fingerprint density at radius 2 is 1.96 bits per heavy atom. The fourth-order valence-corrected chi connectivity index (χ4v) is 4.49. The van der Waals surface area contributed by atoms with E-state index < -0.39 is 0 Å². The first kappa shape index (κ1) is 17.6. The Morgan fingerprint density at radius 3 is 2.75 bits per heavy atom. The van der Waals surface area contributed by atoms with Crippen molar-refractivity contribution in [1.82, 2.24) is 29.6 Å². The third-order valence-electron chi connectivity index (χ3n) is 5.84. The molecule has 146 valence electrons. The maximum Gasteiger partial charge on any atom is 0.147 e. The molecule has 3 aromatic rings. The van der Waals surface area contributed by atoms with Crippen LogP contribution in [0.3, 0.4) is 0 Å². The topological polar surface area (TPSA) is 71.9 Å². The Bertz CT molecular complexity index is 885. The van der Waals surface area contributed by atoms with Crippen molar-refractivity contribution in [1.29, 1.82) is 0 Å². The molecule has 0 bridgehead atoms. The van der Waals surface area contributed by atoms with Crippen molar-refractivity contribution in [3.63, 3.8) is 0 Å². The molecular weight excluding hydrogens is 352 g/mol. The van der Waals surface area contributed by atoms with Gasteiger partial charge in [-0.15, -0.1) is 10.2 Å². The molecule has 0 spiro atoms. The van der Waals surface area contributed by atoms with Crippen molar-refractivity contribution in [2.24, 2.45) is 0 Å². The molecule has 7 heteroatoms. The number of nitrogens with zero attached hydrogens (tertiary/aromatic N) is 5. The zero-order valence-electron chi connectivity index (χ0n) is 16.0. The molecule has 2 aliphatic heterocycles. The van der Waals surface area contributed by atoms with Crippen molar-refractivity contribution < 1.29 is 4.74 Å². The molecule has 2 aliphatic rings. The van der Waals surface area contributed by atoms with E-state index in [0.717, 1.165) is 69.5 Å². The Balaban J connectivity index is 1.44. The molecule has 0 amide bonds. The van der Waals surface area contributed by atoms with E-state index in [2.05, 4.69) is 60.0 Å². The number of aromatic amines is 1. The second-order valence-corrected chi connectivity index (χ2v) is 7.82. The number of benzene rings is 1. The Hall–Kier alpha value is -2.51. The third kappa shape index (κ3) is 3.59. The van der Waals surface area contributed by atoms with Crippen LogP contribution in [-0.2, 0) is 24.2 Å². The number of nitrogens with one attached hydrogen (secondary N) is 1. The molecule has 0 saturated carbocycles. The molecule has 1 saturated heterocycles. The van der Waals surface area contributed by atoms with Gasteiger partial charge in [-0.05, 0) is 18.4 Å². The van der Waals surface area contributed by atoms with E-state index >= 15 is 0 Å². The van der Waals surface area contributed by atoms with Crippen LogP contribution in [-0.4, -0.2) is 49.4 Å². The van der Waals surface area contributed by atoms with E-state index in [1.807, 2.05) is 6.20 Å². The van der Waals surface area contributed by atoms with E-state index in [0.29, 0.717) is 12.0 Å². The van der Waals surface area contributed by atoms with Crippen LogP contribution in [0.15, 0.2) is 42.9 Å². The number of H-pyrrole nitrogens is 1. The average Bonchev–Trinajstić information content (AvgIpc) is 3.39. The van der Waals surface area contributed by atoms with Gasteiger partial charge in [-0.25, -0.2) is 4.98 Å². The lowest BCUT2D eigenvalue weighted by atomic mass is 9.98. The minimum Gasteiger partial charge on any atom is -0.381 e. The summed E-state index contributed by atoms with van der Waals surface area (Å²) in [6.07, 6.45) is 6.65. The van der Waals surface area contributed by atoms with Crippen molar-refractivity contribution in [2.75, 3.05) is 19.8 Å². The van der Waals surface area contributed by atoms with Gasteiger partial charge in [0.05, 0.1) is 18.9 Å². The van der Waals surface area contributed by atoms with Crippen LogP contribution in [0.1, 0.15) is 47.7 Å². The predicted molar refractivity (Wildman–Crippen MR) is 105 cm³/mol. The predicted octanol–water partition coefficient (Wildman–Crippen LogP) is 2.69. The Kier molecular flexibility index (Phi) is 4.93. The standard InChI is InChI=1S/C21H26N6O/c1-2-4-16(5-3-1)12-26-13-19(10-18-11-22-15-23-18)27-20(14-26)24-25-21(27)17-6-8-28-9-7-17/h1-5,11,15,17,19H,6-10,12-14H2,(H,22,23). The Labute approximate surface area is 164 Å². The van der Waals surface area contributed by atoms with Gasteiger partial charge in [0, 0.05) is 50.5 Å². The number of hydrogen-bond donors (Lipinski definition) is 1. The quantitative estimate of drug-likeness (QED) is 0.739. The van der Waals surface area contributed by atoms with Gasteiger partial charge in [-0.1, -0.05) is 30.3 Å². The van der Waals surface area contributed by atoms with Crippen molar-refractivity contribution in [3.05, 3.63) is 65.8 Å². The molecular formula is C21H26N6O. The SMILES string of the molecule is c1ccc(CN2Cc3nnc(C4CCOCC4)n3C(Cc3cnc[nH]3)C2)cc1. The molecule has 4 heterocycles. The number of ether oxygens (including phenoxy) is 1. The fraction of sp³-hybridized carbons (Fsp3) is 0.476. The summed E-state index contributed by atoms with van der Waals surface area (Å²) in [6, 6.07) is 11.0. The van der Waals surface area contributed by atoms with E-state index in [1.165, 1.54) is 5.56 Å². The molecule has 1 atom stereocenters. The van der Waals surface area contributed by atoms with Crippen LogP contribution in [0.5, 0.6) is 0 Å². The zero-order chi connectivity index (χ0) is 18.8. The number of aromatic nitrogens is 5. The number of rotatable bonds is 5. The Morgan fingerprint density at radius 1 is 1.11 bits per heavy atom. The monoisotopic (exact) mass is 378 g/mol. The summed E-state index contributed by atoms with van der Waals surface area (Å²) in [7, 11) is 0. The maximum absolute atomic E-state index is 5.56. The van der Waals surface area contributed by atoms with Gasteiger partial charge in [-0.3, -0.25) is 4.90 Å². The maximum atomic E-state index is 5.56. The second-order valence-electron chi connectivity index (χ2n) is 7.82. The van der Waals surface area contributed by atoms with E-state index in [-0.39, 0.29) is 0 Å². The first-order valence-electron chi connectivity index (χ1n) is 10.1. The molecule has 1 unspecified atom stereocenters. The minimum absolute atomic E-state index is 0.306. The summed E-state index contributed by atoms with van der Waals surface area (Å²) < 4.78 is 7.97. The molecule has 7 nitrogen and oxygen atoms in total. The fourth-order valence-electron chi connectivity index (χ4n) is 4.49. The summed E-state index contributed by atoms with van der Waals surface area (Å²) >= 11 is 0. The largest absolute Gasteiger partial charge is 0.381 e. The summed E-state index contributed by atoms with van der Waals surface area (Å²) in [5.74, 6) is 2.66. The highest BCUT2D eigenvalue weighted by Gasteiger charge is 2.32. The molecule has 1 fully saturated rings. The average molecular weight is 378 g/mol. The lowest BCUT2D eigenvalue weighted by Gasteiger charge is -2.35. The van der Waals surface area contributed by atoms with Crippen molar-refractivity contribution in [3.8, 4) is 0 Å². The number of fused-ring (bicyclic) bond motifs is 1. The summed E-state index contributed by atoms with van der Waals surface area (Å²) in [5, 5.41) is 9.26. The molecule has 0 aliphatic carbocycles. The van der Waals surface area contributed by atoms with E-state index in [9.17, 15) is 0 Å². The molecule has 5 rings (SSSR count). The molecule has 0 radical (unpaired) electrons.